The van der Waals surface area contributed by atoms with Crippen molar-refractivity contribution in [3.63, 3.8) is 0 Å². The predicted octanol–water partition coefficient (Wildman–Crippen LogP) is 2.10. The topological polar surface area (TPSA) is 81.8 Å². The van der Waals surface area contributed by atoms with Crippen molar-refractivity contribution in [2.75, 3.05) is 0 Å². The number of hydrogen-bond donors (Lipinski definition) is 1. The lowest BCUT2D eigenvalue weighted by Crippen LogP contribution is -2.34. The van der Waals surface area contributed by atoms with Crippen LogP contribution in [0.4, 0.5) is 4.39 Å². The normalized spacial score (nSPS) is 12.0. The van der Waals surface area contributed by atoms with Crippen LogP contribution in [-0.4, -0.2) is 25.7 Å². The average molecular weight is 376 g/mol. The Balaban J connectivity index is 1.69. The molecule has 9 heteroatoms. The maximum Gasteiger partial charge on any atom is 0.368 e. The molecular formula is C17H15ClFN5O2. The molecule has 0 spiro atoms. The minimum Gasteiger partial charge on any atom is -0.348 e. The predicted molar refractivity (Wildman–Crippen MR) is 93.6 cm³/mol. The summed E-state index contributed by atoms with van der Waals surface area (Å²) in [6.07, 6.45) is 0. The zero-order chi connectivity index (χ0) is 18.7. The number of tetrazole rings is 1. The molecule has 0 bridgehead atoms. The summed E-state index contributed by atoms with van der Waals surface area (Å²) in [7, 11) is 0. The van der Waals surface area contributed by atoms with Gasteiger partial charge < -0.3 is 5.32 Å². The Kier molecular flexibility index (Phi) is 5.13. The van der Waals surface area contributed by atoms with Crippen LogP contribution in [0.3, 0.4) is 0 Å². The Morgan fingerprint density at radius 3 is 2.46 bits per heavy atom. The van der Waals surface area contributed by atoms with Crippen LogP contribution in [0.15, 0.2) is 53.3 Å². The van der Waals surface area contributed by atoms with Crippen LogP contribution in [0, 0.1) is 5.82 Å². The molecule has 1 atom stereocenters. The minimum absolute atomic E-state index is 0.261. The van der Waals surface area contributed by atoms with E-state index < -0.39 is 11.5 Å². The average Bonchev–Trinajstić information content (AvgIpc) is 2.97. The number of hydrogen-bond acceptors (Lipinski definition) is 4. The highest BCUT2D eigenvalue weighted by Crippen LogP contribution is 2.15. The third kappa shape index (κ3) is 3.97. The third-order valence-electron chi connectivity index (χ3n) is 3.75. The van der Waals surface area contributed by atoms with Crippen molar-refractivity contribution < 1.29 is 9.18 Å². The smallest absolute Gasteiger partial charge is 0.348 e. The molecule has 0 saturated heterocycles. The zero-order valence-corrected chi connectivity index (χ0v) is 14.5. The van der Waals surface area contributed by atoms with E-state index >= 15 is 0 Å². The summed E-state index contributed by atoms with van der Waals surface area (Å²) in [5.41, 5.74) is 0.647. The lowest BCUT2D eigenvalue weighted by atomic mass is 10.1. The second-order valence-electron chi connectivity index (χ2n) is 5.65. The van der Waals surface area contributed by atoms with Crippen LogP contribution < -0.4 is 11.0 Å². The molecule has 0 unspecified atom stereocenters. The van der Waals surface area contributed by atoms with Gasteiger partial charge >= 0.3 is 5.69 Å². The number of halogens is 2. The lowest BCUT2D eigenvalue weighted by Gasteiger charge is -2.14. The van der Waals surface area contributed by atoms with Gasteiger partial charge in [-0.3, -0.25) is 4.79 Å². The monoisotopic (exact) mass is 375 g/mol. The molecule has 0 fully saturated rings. The lowest BCUT2D eigenvalue weighted by molar-refractivity contribution is -0.122. The van der Waals surface area contributed by atoms with E-state index in [0.717, 1.165) is 14.9 Å². The van der Waals surface area contributed by atoms with Crippen LogP contribution in [0.25, 0.3) is 5.69 Å². The van der Waals surface area contributed by atoms with Gasteiger partial charge in [0.2, 0.25) is 5.91 Å². The Hall–Kier alpha value is -3.00. The van der Waals surface area contributed by atoms with Gasteiger partial charge in [0.25, 0.3) is 0 Å². The molecule has 3 rings (SSSR count). The minimum atomic E-state index is -0.592. The van der Waals surface area contributed by atoms with E-state index in [-0.39, 0.29) is 18.5 Å². The fourth-order valence-electron chi connectivity index (χ4n) is 2.38. The van der Waals surface area contributed by atoms with Gasteiger partial charge in [0.05, 0.1) is 11.7 Å². The number of aromatic nitrogens is 4. The van der Waals surface area contributed by atoms with Crippen LogP contribution >= 0.6 is 11.6 Å². The first-order valence-electron chi connectivity index (χ1n) is 7.77. The first-order valence-corrected chi connectivity index (χ1v) is 8.15. The van der Waals surface area contributed by atoms with Gasteiger partial charge in [-0.1, -0.05) is 23.7 Å². The Morgan fingerprint density at radius 1 is 1.15 bits per heavy atom. The molecule has 2 aromatic carbocycles. The number of nitrogens with zero attached hydrogens (tertiary/aromatic N) is 4. The summed E-state index contributed by atoms with van der Waals surface area (Å²) >= 11 is 5.84. The highest BCUT2D eigenvalue weighted by molar-refractivity contribution is 6.30. The van der Waals surface area contributed by atoms with E-state index in [9.17, 15) is 14.0 Å². The number of carbonyl (C=O) groups excluding carboxylic acids is 1. The SMILES string of the molecule is C[C@H](NC(=O)Cn1nnn(-c2ccc(F)cc2)c1=O)c1ccc(Cl)cc1. The molecule has 0 aliphatic heterocycles. The molecule has 0 aliphatic rings. The van der Waals surface area contributed by atoms with Gasteiger partial charge in [-0.15, -0.1) is 0 Å². The fraction of sp³-hybridized carbons (Fsp3) is 0.176. The molecule has 1 heterocycles. The second kappa shape index (κ2) is 7.49. The van der Waals surface area contributed by atoms with Crippen LogP contribution in [0.1, 0.15) is 18.5 Å². The number of benzene rings is 2. The largest absolute Gasteiger partial charge is 0.368 e. The van der Waals surface area contributed by atoms with Crippen molar-refractivity contribution in [2.45, 2.75) is 19.5 Å². The van der Waals surface area contributed by atoms with Gasteiger partial charge in [0.15, 0.2) is 0 Å². The highest BCUT2D eigenvalue weighted by Gasteiger charge is 2.14. The van der Waals surface area contributed by atoms with Gasteiger partial charge in [-0.25, -0.2) is 9.18 Å². The highest BCUT2D eigenvalue weighted by atomic mass is 35.5. The quantitative estimate of drug-likeness (QED) is 0.740. The molecule has 0 aliphatic carbocycles. The third-order valence-corrected chi connectivity index (χ3v) is 4.00. The molecule has 134 valence electrons. The van der Waals surface area contributed by atoms with Gasteiger partial charge in [0, 0.05) is 5.02 Å². The van der Waals surface area contributed by atoms with Crippen molar-refractivity contribution in [1.82, 2.24) is 25.1 Å². The molecule has 3 aromatic rings. The zero-order valence-electron chi connectivity index (χ0n) is 13.8. The summed E-state index contributed by atoms with van der Waals surface area (Å²) in [5.74, 6) is -0.814. The first kappa shape index (κ1) is 17.8. The first-order chi connectivity index (χ1) is 12.4. The van der Waals surface area contributed by atoms with E-state index in [2.05, 4.69) is 15.7 Å². The molecule has 0 saturated carbocycles. The van der Waals surface area contributed by atoms with Crippen molar-refractivity contribution >= 4 is 17.5 Å². The summed E-state index contributed by atoms with van der Waals surface area (Å²) in [6, 6.07) is 12.0. The van der Waals surface area contributed by atoms with Crippen molar-refractivity contribution in [3.05, 3.63) is 75.4 Å². The van der Waals surface area contributed by atoms with Gasteiger partial charge in [0.1, 0.15) is 12.4 Å². The van der Waals surface area contributed by atoms with E-state index in [1.807, 2.05) is 19.1 Å². The van der Waals surface area contributed by atoms with E-state index in [1.165, 1.54) is 24.3 Å². The molecule has 1 aromatic heterocycles. The standard InChI is InChI=1S/C17H15ClFN5O2/c1-11(12-2-4-13(18)5-3-12)20-16(25)10-23-17(26)24(22-21-23)15-8-6-14(19)7-9-15/h2-9,11H,10H2,1H3,(H,20,25)/t11-/m0/s1. The van der Waals surface area contributed by atoms with Gasteiger partial charge in [-0.05, 0) is 59.3 Å². The van der Waals surface area contributed by atoms with Crippen LogP contribution in [0.5, 0.6) is 0 Å². The fourth-order valence-corrected chi connectivity index (χ4v) is 2.50. The van der Waals surface area contributed by atoms with Crippen LogP contribution in [0.2, 0.25) is 5.02 Å². The van der Waals surface area contributed by atoms with E-state index in [4.69, 9.17) is 11.6 Å². The van der Waals surface area contributed by atoms with E-state index in [0.29, 0.717) is 10.7 Å². The van der Waals surface area contributed by atoms with Crippen LogP contribution in [-0.2, 0) is 11.3 Å². The maximum atomic E-state index is 13.0. The molecular weight excluding hydrogens is 361 g/mol. The van der Waals surface area contributed by atoms with E-state index in [1.54, 1.807) is 12.1 Å². The van der Waals surface area contributed by atoms with Crippen molar-refractivity contribution in [1.29, 1.82) is 0 Å². The van der Waals surface area contributed by atoms with Crippen molar-refractivity contribution in [3.8, 4) is 5.69 Å². The summed E-state index contributed by atoms with van der Waals surface area (Å²) < 4.78 is 14.9. The number of carbonyl (C=O) groups is 1. The molecule has 1 amide bonds. The molecule has 7 nitrogen and oxygen atoms in total. The van der Waals surface area contributed by atoms with Gasteiger partial charge in [-0.2, -0.15) is 9.36 Å². The molecule has 0 radical (unpaired) electrons. The summed E-state index contributed by atoms with van der Waals surface area (Å²) in [5, 5.41) is 10.8. The van der Waals surface area contributed by atoms with Crippen molar-refractivity contribution in [2.24, 2.45) is 0 Å². The molecule has 26 heavy (non-hydrogen) atoms. The number of rotatable bonds is 5. The molecule has 1 N–H and O–H groups in total. The number of nitrogens with one attached hydrogen (secondary N) is 1. The Labute approximate surface area is 153 Å². The summed E-state index contributed by atoms with van der Waals surface area (Å²) in [4.78, 5) is 24.5. The maximum absolute atomic E-state index is 13.0. The Morgan fingerprint density at radius 2 is 1.81 bits per heavy atom. The summed E-state index contributed by atoms with van der Waals surface area (Å²) in [6.45, 7) is 1.54. The Bertz CT molecular complexity index is 966. The number of amides is 1. The second-order valence-corrected chi connectivity index (χ2v) is 6.08.